The molecule has 2 amide bonds. The largest absolute Gasteiger partial charge is 0.480 e. The van der Waals surface area contributed by atoms with Crippen LogP contribution in [0, 0.1) is 0 Å². The first-order valence-corrected chi connectivity index (χ1v) is 8.72. The number of likely N-dealkylation sites (tertiary alicyclic amines) is 1. The number of alkyl carbamates (subject to hydrolysis) is 1. The summed E-state index contributed by atoms with van der Waals surface area (Å²) in [5.41, 5.74) is -1.39. The molecule has 0 unspecified atom stereocenters. The summed E-state index contributed by atoms with van der Waals surface area (Å²) in [6, 6.07) is 8.64. The van der Waals surface area contributed by atoms with E-state index in [1.165, 1.54) is 6.92 Å². The minimum atomic E-state index is -1.47. The quantitative estimate of drug-likeness (QED) is 0.835. The van der Waals surface area contributed by atoms with Crippen molar-refractivity contribution in [2.45, 2.75) is 57.9 Å². The lowest BCUT2D eigenvalue weighted by molar-refractivity contribution is -0.148. The zero-order chi connectivity index (χ0) is 20.2. The first-order valence-electron chi connectivity index (χ1n) is 8.72. The summed E-state index contributed by atoms with van der Waals surface area (Å²) in [6.07, 6.45) is -1.33. The Morgan fingerprint density at radius 3 is 2.44 bits per heavy atom. The van der Waals surface area contributed by atoms with E-state index in [1.807, 2.05) is 30.3 Å². The minimum Gasteiger partial charge on any atom is -0.480 e. The normalized spacial score (nSPS) is 22.2. The van der Waals surface area contributed by atoms with Gasteiger partial charge in [0.05, 0.1) is 6.04 Å². The van der Waals surface area contributed by atoms with Crippen LogP contribution in [-0.4, -0.2) is 51.9 Å². The monoisotopic (exact) mass is 378 g/mol. The fourth-order valence-electron chi connectivity index (χ4n) is 2.90. The molecular weight excluding hydrogens is 352 g/mol. The molecule has 1 aromatic rings. The molecule has 148 valence electrons. The van der Waals surface area contributed by atoms with Crippen LogP contribution in [0.2, 0.25) is 0 Å². The number of hydrogen-bond donors (Lipinski definition) is 2. The molecule has 1 aliphatic rings. The molecule has 0 spiro atoms. The molecule has 1 aliphatic heterocycles. The molecule has 0 radical (unpaired) electrons. The Labute approximate surface area is 158 Å². The number of carboxylic acids is 1. The summed E-state index contributed by atoms with van der Waals surface area (Å²) in [5.74, 6) is -1.16. The van der Waals surface area contributed by atoms with Crippen LogP contribution in [-0.2, 0) is 20.9 Å². The van der Waals surface area contributed by atoms with Gasteiger partial charge < -0.3 is 19.9 Å². The van der Waals surface area contributed by atoms with Crippen LogP contribution in [0.1, 0.15) is 39.7 Å². The number of aliphatic carboxylic acids is 1. The summed E-state index contributed by atoms with van der Waals surface area (Å²) < 4.78 is 10.5. The van der Waals surface area contributed by atoms with Gasteiger partial charge in [0.15, 0.2) is 0 Å². The highest BCUT2D eigenvalue weighted by Crippen LogP contribution is 2.31. The Morgan fingerprint density at radius 2 is 1.89 bits per heavy atom. The highest BCUT2D eigenvalue weighted by Gasteiger charge is 2.52. The molecule has 2 rings (SSSR count). The number of nitrogens with one attached hydrogen (secondary N) is 1. The van der Waals surface area contributed by atoms with E-state index in [2.05, 4.69) is 5.32 Å². The van der Waals surface area contributed by atoms with Crippen LogP contribution in [0.5, 0.6) is 0 Å². The van der Waals surface area contributed by atoms with Gasteiger partial charge in [0.25, 0.3) is 0 Å². The number of benzene rings is 1. The number of carbonyl (C=O) groups is 3. The number of carbonyl (C=O) groups excluding carboxylic acids is 2. The first-order chi connectivity index (χ1) is 12.5. The van der Waals surface area contributed by atoms with Gasteiger partial charge in [0.1, 0.15) is 17.7 Å². The van der Waals surface area contributed by atoms with Crippen molar-refractivity contribution in [2.75, 3.05) is 6.54 Å². The maximum atomic E-state index is 12.4. The molecule has 8 heteroatoms. The second-order valence-electron chi connectivity index (χ2n) is 7.78. The van der Waals surface area contributed by atoms with Gasteiger partial charge in [0.2, 0.25) is 0 Å². The molecule has 2 N–H and O–H groups in total. The lowest BCUT2D eigenvalue weighted by Gasteiger charge is -2.32. The summed E-state index contributed by atoms with van der Waals surface area (Å²) >= 11 is 0. The molecule has 0 bridgehead atoms. The van der Waals surface area contributed by atoms with Gasteiger partial charge >= 0.3 is 18.2 Å². The zero-order valence-electron chi connectivity index (χ0n) is 16.0. The van der Waals surface area contributed by atoms with Crippen molar-refractivity contribution in [3.05, 3.63) is 35.9 Å². The van der Waals surface area contributed by atoms with Gasteiger partial charge in [0, 0.05) is 13.0 Å². The fourth-order valence-corrected chi connectivity index (χ4v) is 2.90. The highest BCUT2D eigenvalue weighted by molar-refractivity contribution is 5.85. The molecule has 1 heterocycles. The van der Waals surface area contributed by atoms with E-state index in [0.29, 0.717) is 0 Å². The second kappa shape index (κ2) is 7.85. The molecular formula is C19H26N2O6. The number of rotatable bonds is 4. The molecule has 1 aromatic carbocycles. The molecule has 1 saturated heterocycles. The van der Waals surface area contributed by atoms with E-state index in [1.54, 1.807) is 20.8 Å². The number of ether oxygens (including phenoxy) is 2. The number of nitrogens with zero attached hydrogens (tertiary/aromatic N) is 1. The average molecular weight is 378 g/mol. The fraction of sp³-hybridized carbons (Fsp3) is 0.526. The predicted octanol–water partition coefficient (Wildman–Crippen LogP) is 2.77. The SMILES string of the molecule is CC(C)(C)OC(=O)N1C[C@@H](NC(=O)OCc2ccccc2)C[C@@]1(C)C(=O)O. The van der Waals surface area contributed by atoms with Crippen molar-refractivity contribution >= 4 is 18.2 Å². The molecule has 0 aliphatic carbocycles. The Balaban J connectivity index is 1.99. The Hall–Kier alpha value is -2.77. The van der Waals surface area contributed by atoms with Crippen LogP contribution >= 0.6 is 0 Å². The second-order valence-corrected chi connectivity index (χ2v) is 7.78. The van der Waals surface area contributed by atoms with Crippen molar-refractivity contribution in [3.63, 3.8) is 0 Å². The van der Waals surface area contributed by atoms with E-state index in [4.69, 9.17) is 9.47 Å². The summed E-state index contributed by atoms with van der Waals surface area (Å²) in [5, 5.41) is 12.2. The topological polar surface area (TPSA) is 105 Å². The maximum Gasteiger partial charge on any atom is 0.411 e. The van der Waals surface area contributed by atoms with Crippen LogP contribution in [0.4, 0.5) is 9.59 Å². The number of hydrogen-bond acceptors (Lipinski definition) is 5. The van der Waals surface area contributed by atoms with Gasteiger partial charge in [-0.3, -0.25) is 4.90 Å². The van der Waals surface area contributed by atoms with Gasteiger partial charge in [-0.15, -0.1) is 0 Å². The van der Waals surface area contributed by atoms with E-state index in [9.17, 15) is 19.5 Å². The lowest BCUT2D eigenvalue weighted by Crippen LogP contribution is -2.52. The Morgan fingerprint density at radius 1 is 1.26 bits per heavy atom. The van der Waals surface area contributed by atoms with Crippen LogP contribution < -0.4 is 5.32 Å². The maximum absolute atomic E-state index is 12.4. The van der Waals surface area contributed by atoms with Gasteiger partial charge in [-0.1, -0.05) is 30.3 Å². The van der Waals surface area contributed by atoms with Crippen molar-refractivity contribution in [1.29, 1.82) is 0 Å². The van der Waals surface area contributed by atoms with E-state index in [-0.39, 0.29) is 19.6 Å². The molecule has 8 nitrogen and oxygen atoms in total. The van der Waals surface area contributed by atoms with Gasteiger partial charge in [-0.25, -0.2) is 14.4 Å². The minimum absolute atomic E-state index is 0.0259. The molecule has 1 fully saturated rings. The molecule has 0 saturated carbocycles. The Bertz CT molecular complexity index is 700. The lowest BCUT2D eigenvalue weighted by atomic mass is 9.98. The van der Waals surface area contributed by atoms with E-state index < -0.39 is 35.3 Å². The van der Waals surface area contributed by atoms with E-state index in [0.717, 1.165) is 10.5 Å². The third kappa shape index (κ3) is 5.35. The van der Waals surface area contributed by atoms with Gasteiger partial charge in [-0.05, 0) is 33.3 Å². The number of carboxylic acid groups (broad SMARTS) is 1. The van der Waals surface area contributed by atoms with Crippen molar-refractivity contribution in [3.8, 4) is 0 Å². The standard InChI is InChI=1S/C19H26N2O6/c1-18(2,3)27-17(25)21-11-14(10-19(21,4)15(22)23)20-16(24)26-12-13-8-6-5-7-9-13/h5-9,14H,10-12H2,1-4H3,(H,20,24)(H,22,23)/t14-,19-/m0/s1. The van der Waals surface area contributed by atoms with Crippen LogP contribution in [0.3, 0.4) is 0 Å². The molecule has 0 aromatic heterocycles. The highest BCUT2D eigenvalue weighted by atomic mass is 16.6. The van der Waals surface area contributed by atoms with Crippen LogP contribution in [0.15, 0.2) is 30.3 Å². The summed E-state index contributed by atoms with van der Waals surface area (Å²) in [6.45, 7) is 6.68. The zero-order valence-corrected chi connectivity index (χ0v) is 16.0. The summed E-state index contributed by atoms with van der Waals surface area (Å²) in [7, 11) is 0. The van der Waals surface area contributed by atoms with Crippen LogP contribution in [0.25, 0.3) is 0 Å². The molecule has 2 atom stereocenters. The van der Waals surface area contributed by atoms with Crippen molar-refractivity contribution in [1.82, 2.24) is 10.2 Å². The first kappa shape index (κ1) is 20.5. The predicted molar refractivity (Wildman–Crippen MR) is 97.1 cm³/mol. The number of amides is 2. The third-order valence-electron chi connectivity index (χ3n) is 4.25. The van der Waals surface area contributed by atoms with E-state index >= 15 is 0 Å². The Kier molecular flexibility index (Phi) is 5.98. The summed E-state index contributed by atoms with van der Waals surface area (Å²) in [4.78, 5) is 37.4. The van der Waals surface area contributed by atoms with Crippen molar-refractivity contribution in [2.24, 2.45) is 0 Å². The molecule has 27 heavy (non-hydrogen) atoms. The third-order valence-corrected chi connectivity index (χ3v) is 4.25. The van der Waals surface area contributed by atoms with Crippen molar-refractivity contribution < 1.29 is 29.0 Å². The average Bonchev–Trinajstić information content (AvgIpc) is 2.90. The smallest absolute Gasteiger partial charge is 0.411 e. The van der Waals surface area contributed by atoms with Gasteiger partial charge in [-0.2, -0.15) is 0 Å².